The number of aromatic nitrogens is 2. The SMILES string of the molecule is Cc1nc(CS(=O)(=O)c2nc3ccc(N)cc3s2)sc1C. The molecule has 0 atom stereocenters. The molecule has 1 aromatic carbocycles. The summed E-state index contributed by atoms with van der Waals surface area (Å²) in [5.74, 6) is -0.109. The van der Waals surface area contributed by atoms with Crippen LogP contribution in [0.2, 0.25) is 0 Å². The minimum absolute atomic E-state index is 0.109. The maximum Gasteiger partial charge on any atom is 0.211 e. The first kappa shape index (κ1) is 14.4. The highest BCUT2D eigenvalue weighted by Gasteiger charge is 2.22. The zero-order valence-corrected chi connectivity index (χ0v) is 13.9. The van der Waals surface area contributed by atoms with Crippen molar-refractivity contribution in [1.82, 2.24) is 9.97 Å². The predicted octanol–water partition coefficient (Wildman–Crippen LogP) is 2.93. The monoisotopic (exact) mass is 339 g/mol. The van der Waals surface area contributed by atoms with Gasteiger partial charge in [0.15, 0.2) is 0 Å². The van der Waals surface area contributed by atoms with Crippen LogP contribution in [0.4, 0.5) is 5.69 Å². The average Bonchev–Trinajstić information content (AvgIpc) is 2.93. The van der Waals surface area contributed by atoms with E-state index in [4.69, 9.17) is 5.73 Å². The minimum atomic E-state index is -3.48. The molecule has 2 aromatic heterocycles. The summed E-state index contributed by atoms with van der Waals surface area (Å²) in [6.07, 6.45) is 0. The number of thiazole rings is 2. The third-order valence-electron chi connectivity index (χ3n) is 3.05. The molecule has 8 heteroatoms. The Morgan fingerprint density at radius 2 is 1.95 bits per heavy atom. The van der Waals surface area contributed by atoms with Crippen molar-refractivity contribution < 1.29 is 8.42 Å². The van der Waals surface area contributed by atoms with Crippen LogP contribution in [0.25, 0.3) is 10.2 Å². The van der Waals surface area contributed by atoms with Crippen LogP contribution in [0.1, 0.15) is 15.6 Å². The van der Waals surface area contributed by atoms with Crippen molar-refractivity contribution in [2.75, 3.05) is 5.73 Å². The predicted molar refractivity (Wildman–Crippen MR) is 86.5 cm³/mol. The number of nitrogen functional groups attached to an aromatic ring is 1. The van der Waals surface area contributed by atoms with Gasteiger partial charge >= 0.3 is 0 Å². The first-order valence-corrected chi connectivity index (χ1v) is 9.45. The van der Waals surface area contributed by atoms with Gasteiger partial charge in [0, 0.05) is 10.6 Å². The lowest BCUT2D eigenvalue weighted by Gasteiger charge is -1.96. The summed E-state index contributed by atoms with van der Waals surface area (Å²) in [4.78, 5) is 9.53. The van der Waals surface area contributed by atoms with E-state index in [2.05, 4.69) is 9.97 Å². The lowest BCUT2D eigenvalue weighted by Crippen LogP contribution is -2.04. The molecule has 0 spiro atoms. The Labute approximate surface area is 130 Å². The van der Waals surface area contributed by atoms with Gasteiger partial charge < -0.3 is 5.73 Å². The molecule has 0 aliphatic heterocycles. The topological polar surface area (TPSA) is 85.9 Å². The number of anilines is 1. The van der Waals surface area contributed by atoms with E-state index in [0.717, 1.165) is 26.6 Å². The molecule has 0 unspecified atom stereocenters. The Morgan fingerprint density at radius 1 is 1.19 bits per heavy atom. The fourth-order valence-electron chi connectivity index (χ4n) is 1.88. The molecular formula is C13H13N3O2S3. The zero-order chi connectivity index (χ0) is 15.2. The van der Waals surface area contributed by atoms with Gasteiger partial charge in [-0.25, -0.2) is 18.4 Å². The van der Waals surface area contributed by atoms with E-state index in [0.29, 0.717) is 16.2 Å². The van der Waals surface area contributed by atoms with Crippen LogP contribution in [0.3, 0.4) is 0 Å². The Morgan fingerprint density at radius 3 is 2.62 bits per heavy atom. The van der Waals surface area contributed by atoms with E-state index in [9.17, 15) is 8.42 Å². The summed E-state index contributed by atoms with van der Waals surface area (Å²) < 4.78 is 25.8. The van der Waals surface area contributed by atoms with Crippen LogP contribution in [-0.2, 0) is 15.6 Å². The number of hydrogen-bond donors (Lipinski definition) is 1. The fourth-order valence-corrected chi connectivity index (χ4v) is 5.76. The molecule has 3 aromatic rings. The van der Waals surface area contributed by atoms with Crippen LogP contribution in [0.5, 0.6) is 0 Å². The number of sulfone groups is 1. The molecular weight excluding hydrogens is 326 g/mol. The highest BCUT2D eigenvalue weighted by Crippen LogP contribution is 2.30. The number of hydrogen-bond acceptors (Lipinski definition) is 7. The molecule has 0 fully saturated rings. The van der Waals surface area contributed by atoms with Gasteiger partial charge in [0.1, 0.15) is 10.8 Å². The molecule has 21 heavy (non-hydrogen) atoms. The molecule has 0 bridgehead atoms. The van der Waals surface area contributed by atoms with Gasteiger partial charge in [-0.2, -0.15) is 0 Å². The van der Waals surface area contributed by atoms with E-state index >= 15 is 0 Å². The summed E-state index contributed by atoms with van der Waals surface area (Å²) in [7, 11) is -3.48. The van der Waals surface area contributed by atoms with E-state index < -0.39 is 9.84 Å². The maximum absolute atomic E-state index is 12.5. The normalized spacial score (nSPS) is 12.1. The van der Waals surface area contributed by atoms with Gasteiger partial charge in [-0.1, -0.05) is 0 Å². The van der Waals surface area contributed by atoms with Crippen molar-refractivity contribution in [2.24, 2.45) is 0 Å². The maximum atomic E-state index is 12.5. The number of aryl methyl sites for hydroxylation is 2. The van der Waals surface area contributed by atoms with Crippen LogP contribution in [-0.4, -0.2) is 18.4 Å². The third-order valence-corrected chi connectivity index (χ3v) is 7.40. The summed E-state index contributed by atoms with van der Waals surface area (Å²) in [5, 5.41) is 0.601. The van der Waals surface area contributed by atoms with Crippen molar-refractivity contribution in [3.63, 3.8) is 0 Å². The van der Waals surface area contributed by atoms with Crippen LogP contribution in [0.15, 0.2) is 22.5 Å². The largest absolute Gasteiger partial charge is 0.399 e. The molecule has 0 amide bonds. The van der Waals surface area contributed by atoms with Crippen LogP contribution >= 0.6 is 22.7 Å². The first-order valence-electron chi connectivity index (χ1n) is 6.17. The van der Waals surface area contributed by atoms with Gasteiger partial charge in [-0.3, -0.25) is 0 Å². The lowest BCUT2D eigenvalue weighted by atomic mass is 10.3. The Balaban J connectivity index is 1.99. The highest BCUT2D eigenvalue weighted by atomic mass is 32.2. The van der Waals surface area contributed by atoms with Gasteiger partial charge in [-0.05, 0) is 32.0 Å². The molecule has 0 aliphatic rings. The molecule has 0 radical (unpaired) electrons. The molecule has 2 heterocycles. The van der Waals surface area contributed by atoms with Gasteiger partial charge in [0.2, 0.25) is 14.2 Å². The average molecular weight is 339 g/mol. The third kappa shape index (κ3) is 2.78. The number of nitrogens with zero attached hydrogens (tertiary/aromatic N) is 2. The van der Waals surface area contributed by atoms with Gasteiger partial charge in [0.25, 0.3) is 0 Å². The Hall–Kier alpha value is -1.51. The summed E-state index contributed by atoms with van der Waals surface area (Å²) >= 11 is 2.56. The zero-order valence-electron chi connectivity index (χ0n) is 11.5. The number of rotatable bonds is 3. The molecule has 3 rings (SSSR count). The van der Waals surface area contributed by atoms with Crippen molar-refractivity contribution in [1.29, 1.82) is 0 Å². The fraction of sp³-hybridized carbons (Fsp3) is 0.231. The Bertz CT molecular complexity index is 906. The summed E-state index contributed by atoms with van der Waals surface area (Å²) in [6, 6.07) is 5.19. The van der Waals surface area contributed by atoms with Crippen molar-refractivity contribution in [3.8, 4) is 0 Å². The summed E-state index contributed by atoms with van der Waals surface area (Å²) in [6.45, 7) is 3.81. The van der Waals surface area contributed by atoms with E-state index in [1.54, 1.807) is 18.2 Å². The second kappa shape index (κ2) is 5.04. The smallest absolute Gasteiger partial charge is 0.211 e. The van der Waals surface area contributed by atoms with Crippen molar-refractivity contribution in [2.45, 2.75) is 23.9 Å². The molecule has 2 N–H and O–H groups in total. The van der Waals surface area contributed by atoms with E-state index in [1.165, 1.54) is 11.3 Å². The number of benzene rings is 1. The quantitative estimate of drug-likeness (QED) is 0.742. The molecule has 0 aliphatic carbocycles. The van der Waals surface area contributed by atoms with Gasteiger partial charge in [0.05, 0.1) is 15.9 Å². The van der Waals surface area contributed by atoms with Crippen LogP contribution in [0, 0.1) is 13.8 Å². The lowest BCUT2D eigenvalue weighted by molar-refractivity contribution is 0.594. The first-order chi connectivity index (χ1) is 9.85. The molecule has 110 valence electrons. The van der Waals surface area contributed by atoms with Crippen molar-refractivity contribution >= 4 is 48.4 Å². The standard InChI is InChI=1S/C13H13N3O2S3/c1-7-8(2)19-12(15-7)6-21(17,18)13-16-10-4-3-9(14)5-11(10)20-13/h3-5H,6,14H2,1-2H3. The van der Waals surface area contributed by atoms with Gasteiger partial charge in [-0.15, -0.1) is 22.7 Å². The molecule has 5 nitrogen and oxygen atoms in total. The summed E-state index contributed by atoms with van der Waals surface area (Å²) in [5.41, 5.74) is 7.83. The highest BCUT2D eigenvalue weighted by molar-refractivity contribution is 7.92. The molecule has 0 saturated carbocycles. The second-order valence-corrected chi connectivity index (χ2v) is 9.20. The van der Waals surface area contributed by atoms with E-state index in [-0.39, 0.29) is 10.1 Å². The van der Waals surface area contributed by atoms with Crippen LogP contribution < -0.4 is 5.73 Å². The van der Waals surface area contributed by atoms with E-state index in [1.807, 2.05) is 13.8 Å². The number of fused-ring (bicyclic) bond motifs is 1. The minimum Gasteiger partial charge on any atom is -0.399 e. The Kier molecular flexibility index (Phi) is 3.46. The number of nitrogens with two attached hydrogens (primary N) is 1. The molecule has 0 saturated heterocycles. The second-order valence-electron chi connectivity index (χ2n) is 4.72. The van der Waals surface area contributed by atoms with Crippen molar-refractivity contribution in [3.05, 3.63) is 33.8 Å².